The van der Waals surface area contributed by atoms with Gasteiger partial charge in [-0.05, 0) is 11.4 Å². The fourth-order valence-corrected chi connectivity index (χ4v) is 1.56. The van der Waals surface area contributed by atoms with Gasteiger partial charge in [-0.1, -0.05) is 4.98 Å². The molecule has 50 valence electrons. The van der Waals surface area contributed by atoms with Gasteiger partial charge in [0, 0.05) is 0 Å². The quantitative estimate of drug-likeness (QED) is 0.416. The maximum absolute atomic E-state index is 10.9. The van der Waals surface area contributed by atoms with Crippen LogP contribution in [0.2, 0.25) is 0 Å². The second kappa shape index (κ2) is 1.91. The molecule has 2 heterocycles. The molecule has 0 N–H and O–H groups in total. The molecule has 2 rings (SSSR count). The van der Waals surface area contributed by atoms with Crippen LogP contribution < -0.4 is 4.73 Å². The van der Waals surface area contributed by atoms with Gasteiger partial charge >= 0.3 is 0 Å². The van der Waals surface area contributed by atoms with Crippen molar-refractivity contribution >= 4 is 21.6 Å². The van der Waals surface area contributed by atoms with Crippen LogP contribution in [0.1, 0.15) is 0 Å². The van der Waals surface area contributed by atoms with Crippen molar-refractivity contribution in [3.8, 4) is 0 Å². The number of thiophene rings is 1. The van der Waals surface area contributed by atoms with Crippen molar-refractivity contribution in [3.63, 3.8) is 0 Å². The maximum atomic E-state index is 10.9. The van der Waals surface area contributed by atoms with Gasteiger partial charge in [-0.15, -0.1) is 11.3 Å². The molecule has 4 heteroatoms. The summed E-state index contributed by atoms with van der Waals surface area (Å²) in [5, 5.41) is 12.8. The molecule has 0 atom stereocenters. The van der Waals surface area contributed by atoms with Crippen molar-refractivity contribution in [2.75, 3.05) is 0 Å². The second-order valence-electron chi connectivity index (χ2n) is 1.89. The van der Waals surface area contributed by atoms with Gasteiger partial charge in [0.15, 0.2) is 11.7 Å². The van der Waals surface area contributed by atoms with E-state index in [0.717, 1.165) is 9.43 Å². The molecule has 0 unspecified atom stereocenters. The lowest BCUT2D eigenvalue weighted by atomic mass is 10.5. The first kappa shape index (κ1) is 5.61. The Hall–Kier alpha value is -1.16. The minimum absolute atomic E-state index is 0.694. The van der Waals surface area contributed by atoms with Crippen LogP contribution in [0.3, 0.4) is 0 Å². The highest BCUT2D eigenvalue weighted by Gasteiger charge is 1.99. The predicted octanol–water partition coefficient (Wildman–Crippen LogP) is 0.930. The molecule has 0 radical (unpaired) electrons. The summed E-state index contributed by atoms with van der Waals surface area (Å²) in [6, 6.07) is 1.79. The number of hydrogen-bond acceptors (Lipinski definition) is 3. The van der Waals surface area contributed by atoms with E-state index in [9.17, 15) is 5.21 Å². The Kier molecular flexibility index (Phi) is 1.07. The summed E-state index contributed by atoms with van der Waals surface area (Å²) in [4.78, 5) is 3.75. The van der Waals surface area contributed by atoms with Gasteiger partial charge in [0.2, 0.25) is 0 Å². The number of nitrogens with zero attached hydrogens (tertiary/aromatic N) is 2. The van der Waals surface area contributed by atoms with E-state index in [1.54, 1.807) is 12.3 Å². The molecule has 0 fully saturated rings. The summed E-state index contributed by atoms with van der Waals surface area (Å²) in [7, 11) is 0. The molecule has 0 amide bonds. The van der Waals surface area contributed by atoms with Crippen LogP contribution in [-0.2, 0) is 0 Å². The molecule has 0 aliphatic rings. The highest BCUT2D eigenvalue weighted by molar-refractivity contribution is 7.17. The maximum Gasteiger partial charge on any atom is 0.289 e. The Morgan fingerprint density at radius 1 is 1.60 bits per heavy atom. The van der Waals surface area contributed by atoms with Gasteiger partial charge in [0.05, 0.1) is 0 Å². The first-order chi connectivity index (χ1) is 4.88. The van der Waals surface area contributed by atoms with Crippen LogP contribution in [0, 0.1) is 5.21 Å². The van der Waals surface area contributed by atoms with Crippen molar-refractivity contribution in [1.82, 2.24) is 4.98 Å². The first-order valence-electron chi connectivity index (χ1n) is 2.78. The van der Waals surface area contributed by atoms with Crippen LogP contribution in [-0.4, -0.2) is 4.98 Å². The summed E-state index contributed by atoms with van der Waals surface area (Å²) in [5.74, 6) is 0. The number of aromatic nitrogens is 2. The van der Waals surface area contributed by atoms with E-state index in [4.69, 9.17) is 0 Å². The average molecular weight is 152 g/mol. The first-order valence-corrected chi connectivity index (χ1v) is 3.66. The highest BCUT2D eigenvalue weighted by Crippen LogP contribution is 2.14. The monoisotopic (exact) mass is 152 g/mol. The summed E-state index contributed by atoms with van der Waals surface area (Å²) in [6.45, 7) is 0. The SMILES string of the molecule is [O-][n+]1cncc2sccc21. The van der Waals surface area contributed by atoms with E-state index < -0.39 is 0 Å². The third kappa shape index (κ3) is 0.657. The predicted molar refractivity (Wildman–Crippen MR) is 38.6 cm³/mol. The topological polar surface area (TPSA) is 39.8 Å². The Bertz CT molecular complexity index is 357. The lowest BCUT2D eigenvalue weighted by Crippen LogP contribution is -2.25. The summed E-state index contributed by atoms with van der Waals surface area (Å²) in [5.41, 5.74) is 0.694. The van der Waals surface area contributed by atoms with E-state index in [1.807, 2.05) is 5.38 Å². The molecular formula is C6H4N2OS. The molecule has 0 saturated carbocycles. The van der Waals surface area contributed by atoms with Crippen molar-refractivity contribution in [2.24, 2.45) is 0 Å². The van der Waals surface area contributed by atoms with E-state index >= 15 is 0 Å². The normalized spacial score (nSPS) is 10.4. The van der Waals surface area contributed by atoms with Crippen molar-refractivity contribution in [2.45, 2.75) is 0 Å². The zero-order valence-corrected chi connectivity index (χ0v) is 5.84. The number of rotatable bonds is 0. The fraction of sp³-hybridized carbons (Fsp3) is 0. The molecular weight excluding hydrogens is 148 g/mol. The number of fused-ring (bicyclic) bond motifs is 1. The summed E-state index contributed by atoms with van der Waals surface area (Å²) < 4.78 is 1.70. The van der Waals surface area contributed by atoms with Crippen LogP contribution in [0.15, 0.2) is 24.0 Å². The molecule has 2 aromatic rings. The van der Waals surface area contributed by atoms with Crippen LogP contribution in [0.25, 0.3) is 10.2 Å². The molecule has 0 aliphatic heterocycles. The Balaban J connectivity index is 2.95. The van der Waals surface area contributed by atoms with Gasteiger partial charge in [-0.2, -0.15) is 0 Å². The summed E-state index contributed by atoms with van der Waals surface area (Å²) in [6.07, 6.45) is 2.95. The van der Waals surface area contributed by atoms with Gasteiger partial charge in [0.1, 0.15) is 4.70 Å². The molecule has 10 heavy (non-hydrogen) atoms. The minimum atomic E-state index is 0.694. The molecule has 0 bridgehead atoms. The molecule has 0 saturated heterocycles. The van der Waals surface area contributed by atoms with Crippen LogP contribution in [0.5, 0.6) is 0 Å². The van der Waals surface area contributed by atoms with Crippen LogP contribution >= 0.6 is 11.3 Å². The Morgan fingerprint density at radius 3 is 3.30 bits per heavy atom. The highest BCUT2D eigenvalue weighted by atomic mass is 32.1. The van der Waals surface area contributed by atoms with E-state index in [0.29, 0.717) is 5.52 Å². The van der Waals surface area contributed by atoms with Crippen molar-refractivity contribution in [1.29, 1.82) is 0 Å². The lowest BCUT2D eigenvalue weighted by Gasteiger charge is -1.97. The third-order valence-electron chi connectivity index (χ3n) is 1.27. The largest absolute Gasteiger partial charge is 0.710 e. The Morgan fingerprint density at radius 2 is 2.50 bits per heavy atom. The van der Waals surface area contributed by atoms with E-state index in [1.165, 1.54) is 17.7 Å². The smallest absolute Gasteiger partial charge is 0.289 e. The van der Waals surface area contributed by atoms with Gasteiger partial charge in [0.25, 0.3) is 6.33 Å². The second-order valence-corrected chi connectivity index (χ2v) is 2.84. The lowest BCUT2D eigenvalue weighted by molar-refractivity contribution is -0.580. The van der Waals surface area contributed by atoms with Crippen LogP contribution in [0.4, 0.5) is 0 Å². The molecule has 2 aromatic heterocycles. The molecule has 0 aliphatic carbocycles. The van der Waals surface area contributed by atoms with Gasteiger partial charge in [-0.3, -0.25) is 0 Å². The van der Waals surface area contributed by atoms with Crippen molar-refractivity contribution in [3.05, 3.63) is 29.2 Å². The fourth-order valence-electron chi connectivity index (χ4n) is 0.817. The van der Waals surface area contributed by atoms with Gasteiger partial charge < -0.3 is 5.21 Å². The Labute approximate surface area is 61.2 Å². The van der Waals surface area contributed by atoms with E-state index in [-0.39, 0.29) is 0 Å². The van der Waals surface area contributed by atoms with Gasteiger partial charge in [-0.25, -0.2) is 4.73 Å². The molecule has 0 spiro atoms. The average Bonchev–Trinajstić information content (AvgIpc) is 2.36. The third-order valence-corrected chi connectivity index (χ3v) is 2.11. The zero-order valence-electron chi connectivity index (χ0n) is 5.02. The van der Waals surface area contributed by atoms with Crippen molar-refractivity contribution < 1.29 is 4.73 Å². The standard InChI is InChI=1S/C6H4N2OS/c9-8-4-7-3-6-5(8)1-2-10-6/h1-4H. The minimum Gasteiger partial charge on any atom is -0.710 e. The zero-order chi connectivity index (χ0) is 6.97. The molecule has 0 aromatic carbocycles. The number of hydrogen-bond donors (Lipinski definition) is 0. The molecule has 3 nitrogen and oxygen atoms in total. The summed E-state index contributed by atoms with van der Waals surface area (Å²) >= 11 is 1.52. The van der Waals surface area contributed by atoms with E-state index in [2.05, 4.69) is 4.98 Å².